The van der Waals surface area contributed by atoms with Crippen molar-refractivity contribution in [1.82, 2.24) is 10.3 Å². The molecule has 1 saturated carbocycles. The number of aromatic nitrogens is 1. The first-order valence-corrected chi connectivity index (χ1v) is 8.16. The highest BCUT2D eigenvalue weighted by Gasteiger charge is 2.28. The summed E-state index contributed by atoms with van der Waals surface area (Å²) in [6.07, 6.45) is 2.26. The Morgan fingerprint density at radius 2 is 2.25 bits per heavy atom. The van der Waals surface area contributed by atoms with E-state index in [4.69, 9.17) is 5.73 Å². The molecule has 0 aliphatic heterocycles. The molecule has 0 spiro atoms. The van der Waals surface area contributed by atoms with Crippen LogP contribution in [-0.2, 0) is 0 Å². The van der Waals surface area contributed by atoms with Gasteiger partial charge in [-0.2, -0.15) is 0 Å². The Morgan fingerprint density at radius 1 is 1.50 bits per heavy atom. The molecule has 0 radical (unpaired) electrons. The number of thiazole rings is 1. The van der Waals surface area contributed by atoms with E-state index in [1.54, 1.807) is 17.5 Å². The average Bonchev–Trinajstić information content (AvgIpc) is 3.29. The predicted octanol–water partition coefficient (Wildman–Crippen LogP) is 2.61. The number of hydrogen-bond acceptors (Lipinski definition) is 6. The molecule has 24 heavy (non-hydrogen) atoms. The van der Waals surface area contributed by atoms with Crippen molar-refractivity contribution in [2.75, 3.05) is 6.54 Å². The van der Waals surface area contributed by atoms with Gasteiger partial charge in [0.15, 0.2) is 0 Å². The zero-order valence-corrected chi connectivity index (χ0v) is 14.3. The van der Waals surface area contributed by atoms with E-state index >= 15 is 0 Å². The maximum absolute atomic E-state index is 12.1. The predicted molar refractivity (Wildman–Crippen MR) is 94.5 cm³/mol. The van der Waals surface area contributed by atoms with Gasteiger partial charge in [0.05, 0.1) is 4.92 Å². The Labute approximate surface area is 148 Å². The first-order valence-electron chi connectivity index (χ1n) is 7.28. The molecule has 1 heterocycles. The molecule has 1 aromatic carbocycles. The molecule has 1 atom stereocenters. The SMILES string of the molecule is Cl.NC(CNC(=O)c1csc(-c2cccc([N+](=O)[O-])c2)n1)C1CC1. The Morgan fingerprint density at radius 3 is 2.92 bits per heavy atom. The number of halogens is 1. The van der Waals surface area contributed by atoms with Crippen molar-refractivity contribution in [3.05, 3.63) is 45.5 Å². The third-order valence-electron chi connectivity index (χ3n) is 3.77. The number of nitrogens with two attached hydrogens (primary N) is 1. The molecule has 2 aromatic rings. The van der Waals surface area contributed by atoms with Gasteiger partial charge in [0.2, 0.25) is 0 Å². The molecular weight excluding hydrogens is 352 g/mol. The molecule has 0 saturated heterocycles. The van der Waals surface area contributed by atoms with Crippen LogP contribution in [0.4, 0.5) is 5.69 Å². The summed E-state index contributed by atoms with van der Waals surface area (Å²) in [7, 11) is 0. The van der Waals surface area contributed by atoms with Gasteiger partial charge in [-0.1, -0.05) is 12.1 Å². The average molecular weight is 369 g/mol. The Balaban J connectivity index is 0.00000208. The number of benzene rings is 1. The first kappa shape index (κ1) is 18.3. The van der Waals surface area contributed by atoms with E-state index < -0.39 is 4.92 Å². The van der Waals surface area contributed by atoms with Crippen LogP contribution in [0.1, 0.15) is 23.3 Å². The maximum Gasteiger partial charge on any atom is 0.270 e. The fourth-order valence-electron chi connectivity index (χ4n) is 2.26. The molecular formula is C15H17ClN4O3S. The zero-order valence-electron chi connectivity index (χ0n) is 12.7. The van der Waals surface area contributed by atoms with Crippen molar-refractivity contribution < 1.29 is 9.72 Å². The summed E-state index contributed by atoms with van der Waals surface area (Å²) in [5.74, 6) is 0.250. The molecule has 1 fully saturated rings. The third kappa shape index (κ3) is 4.28. The zero-order chi connectivity index (χ0) is 16.4. The van der Waals surface area contributed by atoms with Gasteiger partial charge in [0.1, 0.15) is 10.7 Å². The van der Waals surface area contributed by atoms with Gasteiger partial charge in [-0.05, 0) is 18.8 Å². The quantitative estimate of drug-likeness (QED) is 0.601. The summed E-state index contributed by atoms with van der Waals surface area (Å²) < 4.78 is 0. The van der Waals surface area contributed by atoms with Crippen LogP contribution < -0.4 is 11.1 Å². The highest BCUT2D eigenvalue weighted by Crippen LogP contribution is 2.31. The Bertz CT molecular complexity index is 748. The van der Waals surface area contributed by atoms with Crippen molar-refractivity contribution in [3.63, 3.8) is 0 Å². The number of hydrogen-bond donors (Lipinski definition) is 2. The van der Waals surface area contributed by atoms with Crippen LogP contribution in [0.3, 0.4) is 0 Å². The van der Waals surface area contributed by atoms with Gasteiger partial charge in [-0.15, -0.1) is 23.7 Å². The second-order valence-corrected chi connectivity index (χ2v) is 6.41. The largest absolute Gasteiger partial charge is 0.349 e. The summed E-state index contributed by atoms with van der Waals surface area (Å²) in [6, 6.07) is 6.20. The lowest BCUT2D eigenvalue weighted by atomic mass is 10.2. The Kier molecular flexibility index (Phi) is 5.87. The van der Waals surface area contributed by atoms with E-state index in [1.807, 2.05) is 0 Å². The minimum Gasteiger partial charge on any atom is -0.349 e. The lowest BCUT2D eigenvalue weighted by Crippen LogP contribution is -2.38. The molecule has 0 bridgehead atoms. The van der Waals surface area contributed by atoms with Gasteiger partial charge in [0.25, 0.3) is 11.6 Å². The number of nitro groups is 1. The van der Waals surface area contributed by atoms with E-state index in [1.165, 1.54) is 23.5 Å². The van der Waals surface area contributed by atoms with E-state index in [0.717, 1.165) is 12.8 Å². The lowest BCUT2D eigenvalue weighted by Gasteiger charge is -2.10. The van der Waals surface area contributed by atoms with Crippen molar-refractivity contribution in [2.24, 2.45) is 11.7 Å². The monoisotopic (exact) mass is 368 g/mol. The van der Waals surface area contributed by atoms with E-state index in [-0.39, 0.29) is 30.0 Å². The Hall–Kier alpha value is -2.03. The van der Waals surface area contributed by atoms with Crippen molar-refractivity contribution >= 4 is 35.3 Å². The normalized spacial score (nSPS) is 14.5. The fourth-order valence-corrected chi connectivity index (χ4v) is 3.05. The summed E-state index contributed by atoms with van der Waals surface area (Å²) in [6.45, 7) is 0.438. The summed E-state index contributed by atoms with van der Waals surface area (Å²) in [5, 5.41) is 15.8. The topological polar surface area (TPSA) is 111 Å². The molecule has 3 N–H and O–H groups in total. The van der Waals surface area contributed by atoms with E-state index in [9.17, 15) is 14.9 Å². The number of nitrogens with one attached hydrogen (secondary N) is 1. The third-order valence-corrected chi connectivity index (χ3v) is 4.66. The molecule has 1 aliphatic carbocycles. The smallest absolute Gasteiger partial charge is 0.270 e. The van der Waals surface area contributed by atoms with Crippen LogP contribution in [0.15, 0.2) is 29.6 Å². The molecule has 1 unspecified atom stereocenters. The van der Waals surface area contributed by atoms with Crippen LogP contribution in [-0.4, -0.2) is 28.4 Å². The number of amides is 1. The van der Waals surface area contributed by atoms with E-state index in [0.29, 0.717) is 28.7 Å². The van der Waals surface area contributed by atoms with Gasteiger partial charge in [0, 0.05) is 35.7 Å². The first-order chi connectivity index (χ1) is 11.0. The molecule has 1 aliphatic rings. The van der Waals surface area contributed by atoms with Crippen molar-refractivity contribution in [1.29, 1.82) is 0 Å². The molecule has 3 rings (SSSR count). The van der Waals surface area contributed by atoms with Crippen molar-refractivity contribution in [2.45, 2.75) is 18.9 Å². The number of nitrogens with zero attached hydrogens (tertiary/aromatic N) is 2. The molecule has 1 amide bonds. The number of nitro benzene ring substituents is 1. The van der Waals surface area contributed by atoms with Gasteiger partial charge >= 0.3 is 0 Å². The minimum absolute atomic E-state index is 0. The van der Waals surface area contributed by atoms with Crippen molar-refractivity contribution in [3.8, 4) is 10.6 Å². The second kappa shape index (κ2) is 7.69. The highest BCUT2D eigenvalue weighted by atomic mass is 35.5. The summed E-state index contributed by atoms with van der Waals surface area (Å²) in [5.41, 5.74) is 6.88. The van der Waals surface area contributed by atoms with Crippen LogP contribution in [0, 0.1) is 16.0 Å². The summed E-state index contributed by atoms with van der Waals surface area (Å²) in [4.78, 5) is 26.7. The van der Waals surface area contributed by atoms with Gasteiger partial charge in [-0.25, -0.2) is 4.98 Å². The maximum atomic E-state index is 12.1. The second-order valence-electron chi connectivity index (χ2n) is 5.56. The number of carbonyl (C=O) groups is 1. The summed E-state index contributed by atoms with van der Waals surface area (Å²) >= 11 is 1.28. The lowest BCUT2D eigenvalue weighted by molar-refractivity contribution is -0.384. The number of rotatable bonds is 6. The van der Waals surface area contributed by atoms with Crippen LogP contribution in [0.2, 0.25) is 0 Å². The molecule has 128 valence electrons. The van der Waals surface area contributed by atoms with Crippen LogP contribution in [0.5, 0.6) is 0 Å². The molecule has 1 aromatic heterocycles. The van der Waals surface area contributed by atoms with Crippen LogP contribution >= 0.6 is 23.7 Å². The highest BCUT2D eigenvalue weighted by molar-refractivity contribution is 7.13. The number of non-ortho nitro benzene ring substituents is 1. The van der Waals surface area contributed by atoms with Gasteiger partial charge < -0.3 is 11.1 Å². The fraction of sp³-hybridized carbons (Fsp3) is 0.333. The minimum atomic E-state index is -0.454. The van der Waals surface area contributed by atoms with E-state index in [2.05, 4.69) is 10.3 Å². The molecule has 7 nitrogen and oxygen atoms in total. The molecule has 9 heteroatoms. The standard InChI is InChI=1S/C15H16N4O3S.ClH/c16-12(9-4-5-9)7-17-14(20)13-8-23-15(18-13)10-2-1-3-11(6-10)19(21)22;/h1-3,6,8-9,12H,4-5,7,16H2,(H,17,20);1H. The number of carbonyl (C=O) groups excluding carboxylic acids is 1. The van der Waals surface area contributed by atoms with Crippen LogP contribution in [0.25, 0.3) is 10.6 Å². The van der Waals surface area contributed by atoms with Gasteiger partial charge in [-0.3, -0.25) is 14.9 Å².